The van der Waals surface area contributed by atoms with Gasteiger partial charge in [-0.15, -0.1) is 0 Å². The van der Waals surface area contributed by atoms with Crippen LogP contribution in [0.1, 0.15) is 12.5 Å². The van der Waals surface area contributed by atoms with E-state index in [-0.39, 0.29) is 6.61 Å². The molecular weight excluding hydrogens is 238 g/mol. The predicted octanol–water partition coefficient (Wildman–Crippen LogP) is 0.574. The molecule has 1 rings (SSSR count). The van der Waals surface area contributed by atoms with E-state index >= 15 is 0 Å². The molecule has 0 bridgehead atoms. The van der Waals surface area contributed by atoms with Crippen LogP contribution in [0.4, 0.5) is 4.79 Å². The van der Waals surface area contributed by atoms with Gasteiger partial charge in [0.1, 0.15) is 12.6 Å². The zero-order valence-electron chi connectivity index (χ0n) is 9.91. The molecule has 1 aromatic carbocycles. The van der Waals surface area contributed by atoms with Gasteiger partial charge >= 0.3 is 12.1 Å². The number of aliphatic hydroxyl groups excluding tert-OH is 1. The summed E-state index contributed by atoms with van der Waals surface area (Å²) in [5.74, 6) is -1.02. The Labute approximate surface area is 104 Å². The monoisotopic (exact) mass is 253 g/mol. The minimum atomic E-state index is -1.27. The second kappa shape index (κ2) is 6.73. The van der Waals surface area contributed by atoms with E-state index in [1.165, 1.54) is 6.92 Å². The second-order valence-corrected chi connectivity index (χ2v) is 3.71. The van der Waals surface area contributed by atoms with Gasteiger partial charge in [0.25, 0.3) is 0 Å². The molecule has 0 unspecified atom stereocenters. The molecule has 0 saturated heterocycles. The molecule has 0 radical (unpaired) electrons. The fourth-order valence-electron chi connectivity index (χ4n) is 1.09. The van der Waals surface area contributed by atoms with Crippen molar-refractivity contribution >= 4 is 12.1 Å². The third-order valence-corrected chi connectivity index (χ3v) is 2.18. The fraction of sp³-hybridized carbons (Fsp3) is 0.333. The number of rotatable bonds is 4. The van der Waals surface area contributed by atoms with E-state index in [0.717, 1.165) is 5.56 Å². The number of aliphatic hydroxyl groups is 1. The van der Waals surface area contributed by atoms with Crippen LogP contribution >= 0.6 is 0 Å². The van der Waals surface area contributed by atoms with E-state index in [4.69, 9.17) is 15.6 Å². The quantitative estimate of drug-likeness (QED) is 0.601. The van der Waals surface area contributed by atoms with Crippen molar-refractivity contribution in [2.24, 2.45) is 5.73 Å². The maximum atomic E-state index is 11.2. The predicted molar refractivity (Wildman–Crippen MR) is 62.4 cm³/mol. The molecule has 98 valence electrons. The van der Waals surface area contributed by atoms with Gasteiger partial charge in [-0.2, -0.15) is 0 Å². The van der Waals surface area contributed by atoms with E-state index in [0.29, 0.717) is 0 Å². The Balaban J connectivity index is 2.36. The molecule has 6 heteroatoms. The van der Waals surface area contributed by atoms with Gasteiger partial charge in [-0.25, -0.2) is 9.59 Å². The highest BCUT2D eigenvalue weighted by atomic mass is 16.7. The Morgan fingerprint density at radius 1 is 1.33 bits per heavy atom. The van der Waals surface area contributed by atoms with Crippen LogP contribution in [0.2, 0.25) is 0 Å². The van der Waals surface area contributed by atoms with E-state index in [9.17, 15) is 9.59 Å². The van der Waals surface area contributed by atoms with Crippen molar-refractivity contribution < 1.29 is 24.2 Å². The number of benzene rings is 1. The van der Waals surface area contributed by atoms with Crippen LogP contribution in [0.3, 0.4) is 0 Å². The van der Waals surface area contributed by atoms with Gasteiger partial charge in [0.2, 0.25) is 0 Å². The molecular formula is C12H15NO5. The molecule has 0 spiro atoms. The van der Waals surface area contributed by atoms with Crippen LogP contribution in [0.25, 0.3) is 0 Å². The normalized spacial score (nSPS) is 13.5. The summed E-state index contributed by atoms with van der Waals surface area (Å²) in [4.78, 5) is 22.3. The van der Waals surface area contributed by atoms with Gasteiger partial charge < -0.3 is 20.3 Å². The Morgan fingerprint density at radius 2 is 1.94 bits per heavy atom. The van der Waals surface area contributed by atoms with Gasteiger partial charge in [0.05, 0.1) is 6.10 Å². The maximum Gasteiger partial charge on any atom is 0.516 e. The molecule has 6 nitrogen and oxygen atoms in total. The topological polar surface area (TPSA) is 98.9 Å². The first kappa shape index (κ1) is 14.1. The smallest absolute Gasteiger partial charge is 0.429 e. The molecule has 0 amide bonds. The summed E-state index contributed by atoms with van der Waals surface area (Å²) in [6, 6.07) is 7.66. The van der Waals surface area contributed by atoms with Gasteiger partial charge in [-0.1, -0.05) is 30.3 Å². The third kappa shape index (κ3) is 4.52. The summed E-state index contributed by atoms with van der Waals surface area (Å²) < 4.78 is 9.02. The van der Waals surface area contributed by atoms with Crippen molar-refractivity contribution in [1.82, 2.24) is 0 Å². The summed E-state index contributed by atoms with van der Waals surface area (Å²) in [5.41, 5.74) is 6.05. The van der Waals surface area contributed by atoms with Crippen LogP contribution in [-0.4, -0.2) is 29.4 Å². The molecule has 3 N–H and O–H groups in total. The molecule has 1 aromatic rings. The highest BCUT2D eigenvalue weighted by Gasteiger charge is 2.23. The number of nitrogens with two attached hydrogens (primary N) is 1. The number of hydrogen-bond donors (Lipinski definition) is 2. The lowest BCUT2D eigenvalue weighted by Gasteiger charge is -2.12. The summed E-state index contributed by atoms with van der Waals surface area (Å²) in [5, 5.41) is 9.03. The minimum Gasteiger partial charge on any atom is -0.429 e. The Morgan fingerprint density at radius 3 is 2.50 bits per heavy atom. The number of ether oxygens (including phenoxy) is 2. The Hall–Kier alpha value is -1.92. The van der Waals surface area contributed by atoms with Gasteiger partial charge in [0, 0.05) is 0 Å². The van der Waals surface area contributed by atoms with Crippen molar-refractivity contribution in [3.8, 4) is 0 Å². The molecule has 2 atom stereocenters. The first-order valence-corrected chi connectivity index (χ1v) is 5.36. The average Bonchev–Trinajstić information content (AvgIpc) is 2.36. The first-order chi connectivity index (χ1) is 8.50. The lowest BCUT2D eigenvalue weighted by Crippen LogP contribution is -2.42. The molecule has 0 fully saturated rings. The van der Waals surface area contributed by atoms with E-state index in [1.54, 1.807) is 24.3 Å². The standard InChI is InChI=1S/C12H15NO5/c1-8(14)10(13)11(15)18-12(16)17-7-9-5-3-2-4-6-9/h2-6,8,10,14H,7,13H2,1H3/t8-,10+/m1/s1. The van der Waals surface area contributed by atoms with Crippen molar-refractivity contribution in [3.63, 3.8) is 0 Å². The lowest BCUT2D eigenvalue weighted by atomic mass is 10.2. The molecule has 0 aliphatic carbocycles. The van der Waals surface area contributed by atoms with Gasteiger partial charge in [0.15, 0.2) is 0 Å². The maximum absolute atomic E-state index is 11.2. The van der Waals surface area contributed by atoms with Gasteiger partial charge in [-0.05, 0) is 12.5 Å². The van der Waals surface area contributed by atoms with Gasteiger partial charge in [-0.3, -0.25) is 0 Å². The van der Waals surface area contributed by atoms with Crippen LogP contribution < -0.4 is 5.73 Å². The number of hydrogen-bond acceptors (Lipinski definition) is 6. The van der Waals surface area contributed by atoms with Crippen LogP contribution in [0.15, 0.2) is 30.3 Å². The summed E-state index contributed by atoms with van der Waals surface area (Å²) in [6.45, 7) is 1.32. The molecule has 0 saturated carbocycles. The van der Waals surface area contributed by atoms with Crippen molar-refractivity contribution in [2.45, 2.75) is 25.7 Å². The summed E-state index contributed by atoms with van der Waals surface area (Å²) in [6.07, 6.45) is -2.24. The zero-order chi connectivity index (χ0) is 13.5. The summed E-state index contributed by atoms with van der Waals surface area (Å²) >= 11 is 0. The SMILES string of the molecule is C[C@@H](O)[C@H](N)C(=O)OC(=O)OCc1ccccc1. The van der Waals surface area contributed by atoms with Crippen LogP contribution in [-0.2, 0) is 20.9 Å². The highest BCUT2D eigenvalue weighted by Crippen LogP contribution is 2.02. The fourth-order valence-corrected chi connectivity index (χ4v) is 1.09. The van der Waals surface area contributed by atoms with Crippen molar-refractivity contribution in [3.05, 3.63) is 35.9 Å². The molecule has 18 heavy (non-hydrogen) atoms. The molecule has 0 aromatic heterocycles. The van der Waals surface area contributed by atoms with E-state index in [2.05, 4.69) is 4.74 Å². The number of carbonyl (C=O) groups excluding carboxylic acids is 2. The zero-order valence-corrected chi connectivity index (χ0v) is 9.91. The van der Waals surface area contributed by atoms with Crippen molar-refractivity contribution in [1.29, 1.82) is 0 Å². The lowest BCUT2D eigenvalue weighted by molar-refractivity contribution is -0.143. The van der Waals surface area contributed by atoms with Crippen molar-refractivity contribution in [2.75, 3.05) is 0 Å². The minimum absolute atomic E-state index is 0.00311. The Bertz CT molecular complexity index is 404. The first-order valence-electron chi connectivity index (χ1n) is 5.36. The largest absolute Gasteiger partial charge is 0.516 e. The third-order valence-electron chi connectivity index (χ3n) is 2.18. The van der Waals surface area contributed by atoms with Crippen LogP contribution in [0, 0.1) is 0 Å². The van der Waals surface area contributed by atoms with Crippen LogP contribution in [0.5, 0.6) is 0 Å². The molecule has 0 heterocycles. The number of esters is 1. The number of carbonyl (C=O) groups is 2. The van der Waals surface area contributed by atoms with E-state index in [1.807, 2.05) is 6.07 Å². The van der Waals surface area contributed by atoms with E-state index < -0.39 is 24.3 Å². The summed E-state index contributed by atoms with van der Waals surface area (Å²) in [7, 11) is 0. The Kier molecular flexibility index (Phi) is 5.29. The molecule has 0 aliphatic rings. The highest BCUT2D eigenvalue weighted by molar-refractivity contribution is 5.85. The average molecular weight is 253 g/mol. The second-order valence-electron chi connectivity index (χ2n) is 3.71. The molecule has 0 aliphatic heterocycles.